The lowest BCUT2D eigenvalue weighted by molar-refractivity contribution is 0.361. The van der Waals surface area contributed by atoms with Gasteiger partial charge >= 0.3 is 0 Å². The van der Waals surface area contributed by atoms with Gasteiger partial charge < -0.3 is 4.72 Å². The fourth-order valence-corrected chi connectivity index (χ4v) is 2.33. The highest BCUT2D eigenvalue weighted by molar-refractivity contribution is 7.97. The van der Waals surface area contributed by atoms with E-state index in [0.29, 0.717) is 5.56 Å². The second kappa shape index (κ2) is 6.57. The molecule has 8 heteroatoms. The molecule has 0 saturated carbocycles. The molecule has 1 nitrogen and oxygen atoms in total. The topological polar surface area (TPSA) is 12.0 Å². The number of benzene rings is 2. The van der Waals surface area contributed by atoms with Crippen LogP contribution in [-0.4, -0.2) is 0 Å². The lowest BCUT2D eigenvalue weighted by Crippen LogP contribution is -2.08. The smallest absolute Gasteiger partial charge is 0.200 e. The Balaban J connectivity index is 2.24. The molecule has 0 aliphatic heterocycles. The van der Waals surface area contributed by atoms with Crippen LogP contribution in [0.3, 0.4) is 0 Å². The van der Waals surface area contributed by atoms with E-state index in [1.54, 1.807) is 6.92 Å². The van der Waals surface area contributed by atoms with Crippen LogP contribution in [-0.2, 0) is 0 Å². The first-order chi connectivity index (χ1) is 10.7. The first kappa shape index (κ1) is 17.3. The average Bonchev–Trinajstić information content (AvgIpc) is 2.53. The number of nitrogens with one attached hydrogen (secondary N) is 1. The SMILES string of the molecule is C=C(NSc1c(F)c(F)c(F)c(F)c1F)c1ccc(C)c(F)c1. The minimum absolute atomic E-state index is 0.0397. The summed E-state index contributed by atoms with van der Waals surface area (Å²) in [6.45, 7) is 5.07. The van der Waals surface area contributed by atoms with E-state index in [4.69, 9.17) is 0 Å². The lowest BCUT2D eigenvalue weighted by atomic mass is 10.1. The molecular weight excluding hydrogens is 340 g/mol. The van der Waals surface area contributed by atoms with Gasteiger partial charge in [-0.15, -0.1) is 0 Å². The van der Waals surface area contributed by atoms with Crippen LogP contribution in [0.5, 0.6) is 0 Å². The van der Waals surface area contributed by atoms with Gasteiger partial charge in [-0.3, -0.25) is 0 Å². The Kier molecular flexibility index (Phi) is 4.93. The molecule has 0 aromatic heterocycles. The molecule has 0 aliphatic rings. The molecule has 2 rings (SSSR count). The molecule has 0 atom stereocenters. The van der Waals surface area contributed by atoms with Gasteiger partial charge in [0.1, 0.15) is 10.7 Å². The molecule has 1 N–H and O–H groups in total. The maximum atomic E-state index is 13.5. The molecule has 122 valence electrons. The number of hydrogen-bond donors (Lipinski definition) is 1. The summed E-state index contributed by atoms with van der Waals surface area (Å²) in [6.07, 6.45) is 0. The molecule has 0 bridgehead atoms. The molecule has 0 spiro atoms. The fraction of sp³-hybridized carbons (Fsp3) is 0.0667. The Bertz CT molecular complexity index is 761. The molecule has 0 heterocycles. The van der Waals surface area contributed by atoms with E-state index in [-0.39, 0.29) is 23.2 Å². The fourth-order valence-electron chi connectivity index (χ4n) is 1.63. The number of rotatable bonds is 4. The molecule has 2 aromatic carbocycles. The first-order valence-corrected chi connectivity index (χ1v) is 6.95. The van der Waals surface area contributed by atoms with Gasteiger partial charge in [-0.2, -0.15) is 0 Å². The lowest BCUT2D eigenvalue weighted by Gasteiger charge is -2.12. The number of halogens is 6. The highest BCUT2D eigenvalue weighted by Crippen LogP contribution is 2.30. The Hall–Kier alpha value is -2.09. The quantitative estimate of drug-likeness (QED) is 0.357. The molecule has 2 aromatic rings. The van der Waals surface area contributed by atoms with Crippen LogP contribution in [0.1, 0.15) is 11.1 Å². The van der Waals surface area contributed by atoms with Crippen molar-refractivity contribution in [3.05, 3.63) is 70.8 Å². The van der Waals surface area contributed by atoms with E-state index in [1.807, 2.05) is 0 Å². The number of aryl methyl sites for hydroxylation is 1. The van der Waals surface area contributed by atoms with E-state index in [2.05, 4.69) is 11.3 Å². The van der Waals surface area contributed by atoms with Crippen LogP contribution >= 0.6 is 11.9 Å². The highest BCUT2D eigenvalue weighted by Gasteiger charge is 2.26. The molecule has 0 aliphatic carbocycles. The van der Waals surface area contributed by atoms with Crippen molar-refractivity contribution in [3.63, 3.8) is 0 Å². The minimum Gasteiger partial charge on any atom is -0.325 e. The van der Waals surface area contributed by atoms with Gasteiger partial charge in [-0.05, 0) is 30.5 Å². The van der Waals surface area contributed by atoms with Gasteiger partial charge in [0.05, 0.1) is 0 Å². The molecular formula is C15H9F6NS. The van der Waals surface area contributed by atoms with Crippen LogP contribution in [0.15, 0.2) is 29.7 Å². The van der Waals surface area contributed by atoms with Crippen LogP contribution in [0, 0.1) is 41.8 Å². The minimum atomic E-state index is -2.23. The van der Waals surface area contributed by atoms with Gasteiger partial charge in [-0.1, -0.05) is 18.7 Å². The van der Waals surface area contributed by atoms with Gasteiger partial charge in [0.25, 0.3) is 0 Å². The molecule has 0 saturated heterocycles. The van der Waals surface area contributed by atoms with E-state index in [1.165, 1.54) is 12.1 Å². The average molecular weight is 349 g/mol. The van der Waals surface area contributed by atoms with Crippen molar-refractivity contribution < 1.29 is 26.3 Å². The second-order valence-electron chi connectivity index (χ2n) is 4.55. The summed E-state index contributed by atoms with van der Waals surface area (Å²) in [5.74, 6) is -10.8. The van der Waals surface area contributed by atoms with Crippen molar-refractivity contribution in [2.24, 2.45) is 0 Å². The van der Waals surface area contributed by atoms with Crippen LogP contribution in [0.25, 0.3) is 5.70 Å². The normalized spacial score (nSPS) is 10.7. The third-order valence-electron chi connectivity index (χ3n) is 2.97. The van der Waals surface area contributed by atoms with Crippen LogP contribution in [0.4, 0.5) is 26.3 Å². The zero-order chi connectivity index (χ0) is 17.3. The monoisotopic (exact) mass is 349 g/mol. The van der Waals surface area contributed by atoms with Crippen molar-refractivity contribution in [1.29, 1.82) is 0 Å². The van der Waals surface area contributed by atoms with E-state index in [9.17, 15) is 26.3 Å². The predicted octanol–water partition coefficient (Wildman–Crippen LogP) is 5.10. The third-order valence-corrected chi connectivity index (χ3v) is 3.88. The van der Waals surface area contributed by atoms with E-state index in [0.717, 1.165) is 6.07 Å². The van der Waals surface area contributed by atoms with Gasteiger partial charge in [-0.25, -0.2) is 26.3 Å². The standard InChI is InChI=1S/C15H9F6NS/c1-6-3-4-8(5-9(6)16)7(2)22-23-15-13(20)11(18)10(17)12(19)14(15)21/h3-5,22H,2H2,1H3. The largest absolute Gasteiger partial charge is 0.325 e. The summed E-state index contributed by atoms with van der Waals surface area (Å²) < 4.78 is 81.9. The molecule has 0 fully saturated rings. The summed E-state index contributed by atoms with van der Waals surface area (Å²) in [5.41, 5.74) is 0.691. The Morgan fingerprint density at radius 1 is 0.913 bits per heavy atom. The summed E-state index contributed by atoms with van der Waals surface area (Å²) in [6, 6.07) is 4.08. The first-order valence-electron chi connectivity index (χ1n) is 6.13. The zero-order valence-corrected chi connectivity index (χ0v) is 12.4. The third kappa shape index (κ3) is 3.31. The van der Waals surface area contributed by atoms with E-state index >= 15 is 0 Å². The second-order valence-corrected chi connectivity index (χ2v) is 5.36. The Morgan fingerprint density at radius 3 is 1.96 bits per heavy atom. The van der Waals surface area contributed by atoms with Gasteiger partial charge in [0.15, 0.2) is 23.3 Å². The molecule has 0 amide bonds. The maximum Gasteiger partial charge on any atom is 0.200 e. The summed E-state index contributed by atoms with van der Waals surface area (Å²) >= 11 is 0.155. The number of hydrogen-bond acceptors (Lipinski definition) is 2. The van der Waals surface area contributed by atoms with Crippen molar-refractivity contribution in [2.75, 3.05) is 0 Å². The molecule has 0 radical (unpaired) electrons. The van der Waals surface area contributed by atoms with Crippen molar-refractivity contribution in [1.82, 2.24) is 4.72 Å². The molecule has 23 heavy (non-hydrogen) atoms. The van der Waals surface area contributed by atoms with Crippen molar-refractivity contribution in [3.8, 4) is 0 Å². The van der Waals surface area contributed by atoms with Crippen molar-refractivity contribution >= 4 is 17.6 Å². The van der Waals surface area contributed by atoms with Crippen LogP contribution in [0.2, 0.25) is 0 Å². The van der Waals surface area contributed by atoms with Gasteiger partial charge in [0, 0.05) is 11.3 Å². The summed E-state index contributed by atoms with van der Waals surface area (Å²) in [4.78, 5) is -1.10. The van der Waals surface area contributed by atoms with E-state index < -0.39 is 39.8 Å². The maximum absolute atomic E-state index is 13.5. The van der Waals surface area contributed by atoms with Gasteiger partial charge in [0.2, 0.25) is 5.82 Å². The zero-order valence-electron chi connectivity index (χ0n) is 11.6. The van der Waals surface area contributed by atoms with Crippen molar-refractivity contribution in [2.45, 2.75) is 11.8 Å². The van der Waals surface area contributed by atoms with Crippen LogP contribution < -0.4 is 4.72 Å². The highest BCUT2D eigenvalue weighted by atomic mass is 32.2. The Morgan fingerprint density at radius 2 is 1.43 bits per heavy atom. The summed E-state index contributed by atoms with van der Waals surface area (Å²) in [7, 11) is 0. The Labute approximate surface area is 132 Å². The summed E-state index contributed by atoms with van der Waals surface area (Å²) in [5, 5.41) is 0. The molecule has 0 unspecified atom stereocenters. The predicted molar refractivity (Wildman–Crippen MR) is 75.4 cm³/mol.